The first kappa shape index (κ1) is 14.6. The Hall–Kier alpha value is -0.480. The van der Waals surface area contributed by atoms with Crippen LogP contribution in [0, 0.1) is 5.92 Å². The third kappa shape index (κ3) is 4.72. The molecule has 0 saturated carbocycles. The molecule has 0 saturated heterocycles. The molecule has 0 bridgehead atoms. The zero-order valence-corrected chi connectivity index (χ0v) is 11.6. The van der Waals surface area contributed by atoms with E-state index in [1.165, 1.54) is 0 Å². The van der Waals surface area contributed by atoms with Crippen molar-refractivity contribution in [2.75, 3.05) is 19.0 Å². The second kappa shape index (κ2) is 7.07. The molecule has 0 aliphatic carbocycles. The van der Waals surface area contributed by atoms with Gasteiger partial charge in [-0.3, -0.25) is 0 Å². The highest BCUT2D eigenvalue weighted by molar-refractivity contribution is 6.35. The van der Waals surface area contributed by atoms with E-state index in [2.05, 4.69) is 12.2 Å². The minimum Gasteiger partial charge on any atom is -0.384 e. The molecule has 0 spiro atoms. The highest BCUT2D eigenvalue weighted by Crippen LogP contribution is 2.23. The van der Waals surface area contributed by atoms with Gasteiger partial charge in [0, 0.05) is 28.8 Å². The van der Waals surface area contributed by atoms with Crippen molar-refractivity contribution in [2.24, 2.45) is 11.7 Å². The number of hydrogen-bond acceptors (Lipinski definition) is 3. The molecule has 2 unspecified atom stereocenters. The van der Waals surface area contributed by atoms with Crippen LogP contribution in [0.2, 0.25) is 10.0 Å². The van der Waals surface area contributed by atoms with E-state index in [1.54, 1.807) is 25.3 Å². The van der Waals surface area contributed by atoms with Gasteiger partial charge in [-0.25, -0.2) is 0 Å². The second-order valence-electron chi connectivity index (χ2n) is 3.95. The fourth-order valence-electron chi connectivity index (χ4n) is 1.64. The number of nitrogens with two attached hydrogens (primary N) is 1. The van der Waals surface area contributed by atoms with Crippen LogP contribution < -0.4 is 11.1 Å². The van der Waals surface area contributed by atoms with Gasteiger partial charge in [-0.05, 0) is 24.6 Å². The fraction of sp³-hybridized carbons (Fsp3) is 0.500. The highest BCUT2D eigenvalue weighted by atomic mass is 35.5. The van der Waals surface area contributed by atoms with E-state index in [9.17, 15) is 0 Å². The molecule has 1 aromatic rings. The summed E-state index contributed by atoms with van der Waals surface area (Å²) >= 11 is 11.8. The fourth-order valence-corrected chi connectivity index (χ4v) is 2.16. The van der Waals surface area contributed by atoms with E-state index in [-0.39, 0.29) is 12.1 Å². The van der Waals surface area contributed by atoms with E-state index in [0.29, 0.717) is 16.7 Å². The van der Waals surface area contributed by atoms with Crippen LogP contribution in [0.25, 0.3) is 0 Å². The summed E-state index contributed by atoms with van der Waals surface area (Å²) in [6, 6.07) is 5.28. The first-order chi connectivity index (χ1) is 8.06. The van der Waals surface area contributed by atoms with Gasteiger partial charge in [0.15, 0.2) is 0 Å². The summed E-state index contributed by atoms with van der Waals surface area (Å²) in [4.78, 5) is 0. The van der Waals surface area contributed by atoms with Gasteiger partial charge in [-0.2, -0.15) is 0 Å². The number of anilines is 1. The van der Waals surface area contributed by atoms with Crippen LogP contribution in [0.15, 0.2) is 18.2 Å². The third-order valence-electron chi connectivity index (χ3n) is 2.61. The van der Waals surface area contributed by atoms with Crippen molar-refractivity contribution in [3.63, 3.8) is 0 Å². The lowest BCUT2D eigenvalue weighted by molar-refractivity contribution is 0.141. The average molecular weight is 277 g/mol. The van der Waals surface area contributed by atoms with Crippen molar-refractivity contribution < 1.29 is 4.74 Å². The SMILES string of the molecule is CCC(COC)C(N)Nc1cc(Cl)cc(Cl)c1. The molecule has 0 aromatic heterocycles. The Morgan fingerprint density at radius 2 is 1.88 bits per heavy atom. The largest absolute Gasteiger partial charge is 0.384 e. The number of benzene rings is 1. The topological polar surface area (TPSA) is 47.3 Å². The molecule has 5 heteroatoms. The molecule has 0 amide bonds. The molecular formula is C12H18Cl2N2O. The van der Waals surface area contributed by atoms with Crippen molar-refractivity contribution in [1.82, 2.24) is 0 Å². The maximum absolute atomic E-state index is 6.07. The van der Waals surface area contributed by atoms with Gasteiger partial charge >= 0.3 is 0 Å². The van der Waals surface area contributed by atoms with E-state index in [4.69, 9.17) is 33.7 Å². The highest BCUT2D eigenvalue weighted by Gasteiger charge is 2.15. The van der Waals surface area contributed by atoms with Gasteiger partial charge in [-0.15, -0.1) is 0 Å². The number of ether oxygens (including phenoxy) is 1. The van der Waals surface area contributed by atoms with E-state index < -0.39 is 0 Å². The summed E-state index contributed by atoms with van der Waals surface area (Å²) in [6.45, 7) is 2.70. The molecule has 1 aromatic carbocycles. The van der Waals surface area contributed by atoms with Crippen molar-refractivity contribution in [2.45, 2.75) is 19.5 Å². The first-order valence-corrected chi connectivity index (χ1v) is 6.29. The lowest BCUT2D eigenvalue weighted by Gasteiger charge is -2.24. The van der Waals surface area contributed by atoms with Gasteiger partial charge in [-0.1, -0.05) is 30.1 Å². The van der Waals surface area contributed by atoms with Gasteiger partial charge in [0.2, 0.25) is 0 Å². The number of rotatable bonds is 6. The Labute approximate surface area is 112 Å². The Bertz CT molecular complexity index is 340. The smallest absolute Gasteiger partial charge is 0.0793 e. The van der Waals surface area contributed by atoms with Crippen LogP contribution in [-0.2, 0) is 4.74 Å². The van der Waals surface area contributed by atoms with E-state index >= 15 is 0 Å². The minimum atomic E-state index is -0.186. The first-order valence-electron chi connectivity index (χ1n) is 5.54. The molecule has 3 nitrogen and oxygen atoms in total. The third-order valence-corrected chi connectivity index (χ3v) is 3.05. The summed E-state index contributed by atoms with van der Waals surface area (Å²) in [6.07, 6.45) is 0.755. The normalized spacial score (nSPS) is 14.4. The quantitative estimate of drug-likeness (QED) is 0.784. The number of halogens is 2. The number of nitrogens with one attached hydrogen (secondary N) is 1. The summed E-state index contributed by atoms with van der Waals surface area (Å²) in [5.41, 5.74) is 6.89. The average Bonchev–Trinajstić information content (AvgIpc) is 2.24. The van der Waals surface area contributed by atoms with Gasteiger partial charge in [0.1, 0.15) is 0 Å². The van der Waals surface area contributed by atoms with Crippen molar-refractivity contribution in [1.29, 1.82) is 0 Å². The lowest BCUT2D eigenvalue weighted by Crippen LogP contribution is -2.39. The molecule has 17 heavy (non-hydrogen) atoms. The molecule has 1 rings (SSSR count). The Balaban J connectivity index is 2.68. The molecule has 0 radical (unpaired) electrons. The van der Waals surface area contributed by atoms with Crippen molar-refractivity contribution in [3.8, 4) is 0 Å². The maximum Gasteiger partial charge on any atom is 0.0793 e. The Morgan fingerprint density at radius 3 is 2.35 bits per heavy atom. The van der Waals surface area contributed by atoms with Crippen molar-refractivity contribution >= 4 is 28.9 Å². The monoisotopic (exact) mass is 276 g/mol. The molecule has 96 valence electrons. The Kier molecular flexibility index (Phi) is 6.06. The number of hydrogen-bond donors (Lipinski definition) is 2. The molecule has 3 N–H and O–H groups in total. The zero-order valence-electron chi connectivity index (χ0n) is 10.0. The predicted molar refractivity (Wildman–Crippen MR) is 73.7 cm³/mol. The van der Waals surface area contributed by atoms with Gasteiger partial charge in [0.05, 0.1) is 12.8 Å². The summed E-state index contributed by atoms with van der Waals surface area (Å²) in [7, 11) is 1.67. The van der Waals surface area contributed by atoms with Gasteiger partial charge in [0.25, 0.3) is 0 Å². The predicted octanol–water partition coefficient (Wildman–Crippen LogP) is 3.36. The Morgan fingerprint density at radius 1 is 1.29 bits per heavy atom. The van der Waals surface area contributed by atoms with Crippen LogP contribution in [0.4, 0.5) is 5.69 Å². The maximum atomic E-state index is 6.07. The number of methoxy groups -OCH3 is 1. The summed E-state index contributed by atoms with van der Waals surface area (Å²) in [5.74, 6) is 0.248. The molecule has 0 heterocycles. The van der Waals surface area contributed by atoms with Crippen LogP contribution in [0.5, 0.6) is 0 Å². The second-order valence-corrected chi connectivity index (χ2v) is 4.82. The standard InChI is InChI=1S/C12H18Cl2N2O/c1-3-8(7-17-2)12(15)16-11-5-9(13)4-10(14)6-11/h4-6,8,12,16H,3,7,15H2,1-2H3. The van der Waals surface area contributed by atoms with Crippen LogP contribution in [-0.4, -0.2) is 19.9 Å². The summed E-state index contributed by atoms with van der Waals surface area (Å²) < 4.78 is 5.13. The van der Waals surface area contributed by atoms with Crippen LogP contribution in [0.1, 0.15) is 13.3 Å². The molecule has 0 aliphatic rings. The van der Waals surface area contributed by atoms with Gasteiger partial charge < -0.3 is 15.8 Å². The summed E-state index contributed by atoms with van der Waals surface area (Å²) in [5, 5.41) is 4.37. The van der Waals surface area contributed by atoms with Crippen LogP contribution >= 0.6 is 23.2 Å². The van der Waals surface area contributed by atoms with E-state index in [0.717, 1.165) is 12.1 Å². The zero-order chi connectivity index (χ0) is 12.8. The molecule has 0 aliphatic heterocycles. The molecule has 2 atom stereocenters. The minimum absolute atomic E-state index is 0.186. The molecule has 0 fully saturated rings. The van der Waals surface area contributed by atoms with Crippen molar-refractivity contribution in [3.05, 3.63) is 28.2 Å². The van der Waals surface area contributed by atoms with E-state index in [1.807, 2.05) is 0 Å². The lowest BCUT2D eigenvalue weighted by atomic mass is 10.0. The van der Waals surface area contributed by atoms with Crippen LogP contribution in [0.3, 0.4) is 0 Å². The molecular weight excluding hydrogens is 259 g/mol.